The van der Waals surface area contributed by atoms with Crippen molar-refractivity contribution in [3.8, 4) is 5.75 Å². The Kier molecular flexibility index (Phi) is 10.6. The van der Waals surface area contributed by atoms with Crippen LogP contribution in [0, 0.1) is 11.7 Å². The number of halogens is 9. The average Bonchev–Trinajstić information content (AvgIpc) is 3.27. The molecule has 4 N–H and O–H groups in total. The minimum atomic E-state index is -4.62. The van der Waals surface area contributed by atoms with E-state index in [0.29, 0.717) is 11.1 Å². The van der Waals surface area contributed by atoms with Gasteiger partial charge in [-0.1, -0.05) is 40.9 Å². The third kappa shape index (κ3) is 8.05. The smallest absolute Gasteiger partial charge is 0.395 e. The fourth-order valence-corrected chi connectivity index (χ4v) is 4.79. The number of fused-ring (bicyclic) bond motifs is 1. The molecule has 0 bridgehead atoms. The zero-order valence-electron chi connectivity index (χ0n) is 23.2. The van der Waals surface area contributed by atoms with Crippen LogP contribution in [0.3, 0.4) is 0 Å². The number of aryl methyl sites for hydroxylation is 1. The second-order valence-corrected chi connectivity index (χ2v) is 11.0. The maximum Gasteiger partial charge on any atom is 0.395 e. The molecule has 17 heteroatoms. The highest BCUT2D eigenvalue weighted by Crippen LogP contribution is 2.37. The molecular weight excluding hydrogens is 675 g/mol. The number of ether oxygens (including phenoxy) is 1. The highest BCUT2D eigenvalue weighted by atomic mass is 35.5. The van der Waals surface area contributed by atoms with Crippen molar-refractivity contribution >= 4 is 69.1 Å². The van der Waals surface area contributed by atoms with Crippen LogP contribution in [0.2, 0.25) is 15.1 Å². The number of aliphatic hydroxyl groups excluding tert-OH is 1. The van der Waals surface area contributed by atoms with E-state index < -0.39 is 43.1 Å². The van der Waals surface area contributed by atoms with Gasteiger partial charge in [0.25, 0.3) is 12.3 Å². The van der Waals surface area contributed by atoms with E-state index in [9.17, 15) is 36.2 Å². The zero-order valence-corrected chi connectivity index (χ0v) is 25.5. The standard InChI is InChI=1S/C28H24Cl3F6N5O3/c1-12(28(35,36)37)25(43)38-10-13-3-5-16(29)24(23(13)31)41-27-40-19-8-15(21(45-11-22(33)34)9-20(19)42(27)2)26(44)39-14-4-6-18(32)17(30)7-14/h3-9,12,22,25,38,43H,10-11H2,1-2H3,(H,39,44)(H,40,41)/t12?,25-/m0/s1. The third-order valence-electron chi connectivity index (χ3n) is 6.67. The molecule has 3 aromatic carbocycles. The second-order valence-electron chi connectivity index (χ2n) is 9.79. The number of benzene rings is 3. The molecule has 1 heterocycles. The van der Waals surface area contributed by atoms with Crippen molar-refractivity contribution in [2.45, 2.75) is 32.3 Å². The Morgan fingerprint density at radius 2 is 1.80 bits per heavy atom. The first-order valence-electron chi connectivity index (χ1n) is 13.0. The van der Waals surface area contributed by atoms with Crippen LogP contribution in [0.15, 0.2) is 42.5 Å². The Hall–Kier alpha value is -3.43. The number of rotatable bonds is 11. The van der Waals surface area contributed by atoms with Crippen molar-refractivity contribution < 1.29 is 41.0 Å². The van der Waals surface area contributed by atoms with Crippen LogP contribution in [-0.4, -0.2) is 46.0 Å². The highest BCUT2D eigenvalue weighted by Gasteiger charge is 2.40. The summed E-state index contributed by atoms with van der Waals surface area (Å²) in [6, 6.07) is 9.01. The lowest BCUT2D eigenvalue weighted by Crippen LogP contribution is -2.41. The number of alkyl halides is 5. The zero-order chi connectivity index (χ0) is 33.2. The third-order valence-corrected chi connectivity index (χ3v) is 7.70. The molecule has 2 atom stereocenters. The maximum atomic E-state index is 13.6. The summed E-state index contributed by atoms with van der Waals surface area (Å²) < 4.78 is 85.2. The van der Waals surface area contributed by atoms with Crippen LogP contribution in [0.1, 0.15) is 22.8 Å². The molecule has 1 unspecified atom stereocenters. The first-order valence-corrected chi connectivity index (χ1v) is 14.1. The number of amides is 1. The average molecular weight is 699 g/mol. The van der Waals surface area contributed by atoms with Gasteiger partial charge in [0.2, 0.25) is 5.95 Å². The van der Waals surface area contributed by atoms with Crippen LogP contribution in [-0.2, 0) is 13.6 Å². The molecule has 0 fully saturated rings. The van der Waals surface area contributed by atoms with Gasteiger partial charge >= 0.3 is 6.18 Å². The lowest BCUT2D eigenvalue weighted by atomic mass is 10.1. The molecule has 0 radical (unpaired) electrons. The summed E-state index contributed by atoms with van der Waals surface area (Å²) in [6.07, 6.45) is -9.37. The second kappa shape index (κ2) is 13.9. The number of carbonyl (C=O) groups excluding carboxylic acids is 1. The maximum absolute atomic E-state index is 13.6. The number of anilines is 3. The fraction of sp³-hybridized carbons (Fsp3) is 0.286. The molecule has 0 saturated carbocycles. The van der Waals surface area contributed by atoms with Crippen molar-refractivity contribution in [3.05, 3.63) is 74.5 Å². The Balaban J connectivity index is 1.65. The Bertz CT molecular complexity index is 1720. The monoisotopic (exact) mass is 697 g/mol. The minimum absolute atomic E-state index is 0.0212. The molecule has 4 aromatic rings. The van der Waals surface area contributed by atoms with Gasteiger partial charge < -0.3 is 25.0 Å². The molecule has 45 heavy (non-hydrogen) atoms. The summed E-state index contributed by atoms with van der Waals surface area (Å²) in [5, 5.41) is 17.6. The minimum Gasteiger partial charge on any atom is -0.487 e. The number of nitrogens with zero attached hydrogens (tertiary/aromatic N) is 2. The van der Waals surface area contributed by atoms with Crippen molar-refractivity contribution in [2.75, 3.05) is 17.2 Å². The van der Waals surface area contributed by atoms with Gasteiger partial charge in [-0.05, 0) is 42.8 Å². The summed E-state index contributed by atoms with van der Waals surface area (Å²) in [5.41, 5.74) is 0.976. The molecule has 0 spiro atoms. The van der Waals surface area contributed by atoms with Gasteiger partial charge in [0, 0.05) is 25.3 Å². The summed E-state index contributed by atoms with van der Waals surface area (Å²) in [6.45, 7) is -0.422. The molecule has 0 aliphatic carbocycles. The van der Waals surface area contributed by atoms with E-state index in [1.165, 1.54) is 41.0 Å². The quantitative estimate of drug-likeness (QED) is 0.0939. The normalized spacial score (nSPS) is 13.3. The molecule has 0 aliphatic rings. The molecule has 1 amide bonds. The molecule has 1 aromatic heterocycles. The fourth-order valence-electron chi connectivity index (χ4n) is 4.08. The topological polar surface area (TPSA) is 100 Å². The van der Waals surface area contributed by atoms with Crippen LogP contribution < -0.4 is 20.7 Å². The molecule has 4 rings (SSSR count). The van der Waals surface area contributed by atoms with Crippen LogP contribution >= 0.6 is 34.8 Å². The van der Waals surface area contributed by atoms with Gasteiger partial charge in [-0.15, -0.1) is 0 Å². The van der Waals surface area contributed by atoms with Crippen molar-refractivity contribution in [1.29, 1.82) is 0 Å². The van der Waals surface area contributed by atoms with E-state index >= 15 is 0 Å². The SMILES string of the molecule is CC([C@H](O)NCc1ccc(Cl)c(Nc2nc3cc(C(=O)Nc4ccc(F)c(Cl)c4)c(OCC(F)F)cc3n2C)c1Cl)C(F)(F)F. The number of imidazole rings is 1. The summed E-state index contributed by atoms with van der Waals surface area (Å²) in [4.78, 5) is 17.6. The van der Waals surface area contributed by atoms with Gasteiger partial charge in [0.1, 0.15) is 24.4 Å². The van der Waals surface area contributed by atoms with Gasteiger partial charge in [-0.2, -0.15) is 13.2 Å². The molecule has 0 aliphatic heterocycles. The number of hydrogen-bond donors (Lipinski definition) is 4. The Morgan fingerprint density at radius 3 is 2.44 bits per heavy atom. The van der Waals surface area contributed by atoms with Gasteiger partial charge in [-0.25, -0.2) is 18.2 Å². The largest absolute Gasteiger partial charge is 0.487 e. The first kappa shape index (κ1) is 34.4. The Morgan fingerprint density at radius 1 is 1.09 bits per heavy atom. The number of hydrogen-bond acceptors (Lipinski definition) is 6. The van der Waals surface area contributed by atoms with E-state index in [4.69, 9.17) is 39.5 Å². The van der Waals surface area contributed by atoms with Crippen LogP contribution in [0.5, 0.6) is 5.75 Å². The molecule has 242 valence electrons. The van der Waals surface area contributed by atoms with Crippen molar-refractivity contribution in [3.63, 3.8) is 0 Å². The molecule has 8 nitrogen and oxygen atoms in total. The Labute approximate surface area is 267 Å². The summed E-state index contributed by atoms with van der Waals surface area (Å²) in [7, 11) is 1.57. The number of nitrogens with one attached hydrogen (secondary N) is 3. The number of aliphatic hydroxyl groups is 1. The number of aromatic nitrogens is 2. The first-order chi connectivity index (χ1) is 21.1. The van der Waals surface area contributed by atoms with Gasteiger partial charge in [-0.3, -0.25) is 10.1 Å². The van der Waals surface area contributed by atoms with Crippen molar-refractivity contribution in [2.24, 2.45) is 13.0 Å². The summed E-state index contributed by atoms with van der Waals surface area (Å²) >= 11 is 18.7. The van der Waals surface area contributed by atoms with Crippen molar-refractivity contribution in [1.82, 2.24) is 14.9 Å². The van der Waals surface area contributed by atoms with E-state index in [-0.39, 0.29) is 55.8 Å². The van der Waals surface area contributed by atoms with Gasteiger partial charge in [0.15, 0.2) is 0 Å². The van der Waals surface area contributed by atoms with E-state index in [1.807, 2.05) is 0 Å². The number of carbonyl (C=O) groups is 1. The predicted molar refractivity (Wildman–Crippen MR) is 159 cm³/mol. The lowest BCUT2D eigenvalue weighted by molar-refractivity contribution is -0.198. The van der Waals surface area contributed by atoms with Crippen LogP contribution in [0.25, 0.3) is 11.0 Å². The lowest BCUT2D eigenvalue weighted by Gasteiger charge is -2.23. The molecular formula is C28H24Cl3F6N5O3. The van der Waals surface area contributed by atoms with E-state index in [1.54, 1.807) is 7.05 Å². The van der Waals surface area contributed by atoms with Crippen LogP contribution in [0.4, 0.5) is 43.7 Å². The highest BCUT2D eigenvalue weighted by molar-refractivity contribution is 6.39. The van der Waals surface area contributed by atoms with E-state index in [2.05, 4.69) is 20.9 Å². The van der Waals surface area contributed by atoms with Gasteiger partial charge in [0.05, 0.1) is 43.3 Å². The summed E-state index contributed by atoms with van der Waals surface area (Å²) in [5.74, 6) is -3.60. The molecule has 0 saturated heterocycles. The van der Waals surface area contributed by atoms with E-state index in [0.717, 1.165) is 13.0 Å². The predicted octanol–water partition coefficient (Wildman–Crippen LogP) is 7.92.